The number of rotatable bonds is 7. The number of thiazole rings is 1. The molecule has 4 aromatic rings. The maximum Gasteiger partial charge on any atom is 0.285 e. The SMILES string of the molecule is COc1cccc(CNC(=O)Cc2cc3c(NC(=O)c4nccs4)[nH]nc3s2)c1. The van der Waals surface area contributed by atoms with E-state index in [1.54, 1.807) is 18.7 Å². The number of carbonyl (C=O) groups excluding carboxylic acids is 2. The highest BCUT2D eigenvalue weighted by Crippen LogP contribution is 2.29. The molecule has 0 aliphatic heterocycles. The summed E-state index contributed by atoms with van der Waals surface area (Å²) in [7, 11) is 1.61. The zero-order chi connectivity index (χ0) is 20.2. The molecule has 8 nitrogen and oxygen atoms in total. The van der Waals surface area contributed by atoms with Crippen LogP contribution < -0.4 is 15.4 Å². The molecule has 1 aromatic carbocycles. The molecule has 0 aliphatic rings. The predicted octanol–water partition coefficient (Wildman–Crippen LogP) is 3.20. The van der Waals surface area contributed by atoms with Gasteiger partial charge in [0.1, 0.15) is 16.4 Å². The first-order valence-electron chi connectivity index (χ1n) is 8.69. The molecule has 0 aliphatic carbocycles. The molecule has 0 spiro atoms. The molecule has 3 aromatic heterocycles. The second-order valence-electron chi connectivity index (χ2n) is 6.13. The highest BCUT2D eigenvalue weighted by atomic mass is 32.1. The lowest BCUT2D eigenvalue weighted by Crippen LogP contribution is -2.24. The highest BCUT2D eigenvalue weighted by molar-refractivity contribution is 7.18. The largest absolute Gasteiger partial charge is 0.497 e. The molecule has 0 unspecified atom stereocenters. The van der Waals surface area contributed by atoms with E-state index in [0.717, 1.165) is 26.4 Å². The summed E-state index contributed by atoms with van der Waals surface area (Å²) < 4.78 is 5.19. The van der Waals surface area contributed by atoms with Gasteiger partial charge in [-0.15, -0.1) is 22.7 Å². The first-order chi connectivity index (χ1) is 14.1. The van der Waals surface area contributed by atoms with E-state index in [0.29, 0.717) is 17.4 Å². The third kappa shape index (κ3) is 4.44. The summed E-state index contributed by atoms with van der Waals surface area (Å²) in [6.45, 7) is 0.425. The van der Waals surface area contributed by atoms with E-state index >= 15 is 0 Å². The van der Waals surface area contributed by atoms with Crippen molar-refractivity contribution in [2.75, 3.05) is 12.4 Å². The van der Waals surface area contributed by atoms with Crippen LogP contribution in [0.25, 0.3) is 10.2 Å². The van der Waals surface area contributed by atoms with Gasteiger partial charge in [-0.05, 0) is 23.8 Å². The molecule has 0 bridgehead atoms. The van der Waals surface area contributed by atoms with Crippen LogP contribution in [0.15, 0.2) is 41.9 Å². The number of aromatic amines is 1. The Bertz CT molecular complexity index is 1150. The number of amides is 2. The summed E-state index contributed by atoms with van der Waals surface area (Å²) in [6, 6.07) is 9.43. The zero-order valence-electron chi connectivity index (χ0n) is 15.4. The van der Waals surface area contributed by atoms with Crippen LogP contribution in [-0.4, -0.2) is 34.1 Å². The maximum atomic E-state index is 12.3. The van der Waals surface area contributed by atoms with Crippen LogP contribution in [0.1, 0.15) is 20.2 Å². The number of ether oxygens (including phenoxy) is 1. The van der Waals surface area contributed by atoms with E-state index < -0.39 is 0 Å². The van der Waals surface area contributed by atoms with Crippen LogP contribution in [0, 0.1) is 0 Å². The fraction of sp³-hybridized carbons (Fsp3) is 0.158. The van der Waals surface area contributed by atoms with Crippen molar-refractivity contribution in [2.24, 2.45) is 0 Å². The van der Waals surface area contributed by atoms with Gasteiger partial charge in [-0.2, -0.15) is 5.10 Å². The van der Waals surface area contributed by atoms with Gasteiger partial charge in [0.25, 0.3) is 5.91 Å². The Kier molecular flexibility index (Phi) is 5.54. The minimum Gasteiger partial charge on any atom is -0.497 e. The summed E-state index contributed by atoms with van der Waals surface area (Å²) in [6.07, 6.45) is 1.82. The molecule has 148 valence electrons. The monoisotopic (exact) mass is 427 g/mol. The Labute approximate surface area is 173 Å². The van der Waals surface area contributed by atoms with Gasteiger partial charge in [0.05, 0.1) is 18.9 Å². The van der Waals surface area contributed by atoms with E-state index in [4.69, 9.17) is 4.74 Å². The number of nitrogens with one attached hydrogen (secondary N) is 3. The Morgan fingerprint density at radius 3 is 2.97 bits per heavy atom. The molecule has 0 atom stereocenters. The van der Waals surface area contributed by atoms with Crippen LogP contribution in [0.3, 0.4) is 0 Å². The van der Waals surface area contributed by atoms with Crippen LogP contribution in [0.5, 0.6) is 5.75 Å². The number of H-pyrrole nitrogens is 1. The lowest BCUT2D eigenvalue weighted by Gasteiger charge is -2.06. The molecule has 29 heavy (non-hydrogen) atoms. The summed E-state index contributed by atoms with van der Waals surface area (Å²) in [4.78, 5) is 30.1. The number of anilines is 1. The molecule has 2 amide bonds. The number of nitrogens with zero attached hydrogens (tertiary/aromatic N) is 2. The smallest absolute Gasteiger partial charge is 0.285 e. The topological polar surface area (TPSA) is 109 Å². The third-order valence-corrected chi connectivity index (χ3v) is 5.93. The fourth-order valence-corrected chi connectivity index (χ4v) is 4.27. The minimum atomic E-state index is -0.297. The van der Waals surface area contributed by atoms with Gasteiger partial charge in [0.2, 0.25) is 5.91 Å². The lowest BCUT2D eigenvalue weighted by molar-refractivity contribution is -0.120. The summed E-state index contributed by atoms with van der Waals surface area (Å²) in [5.41, 5.74) is 0.964. The molecule has 4 rings (SSSR count). The number of thiophene rings is 1. The van der Waals surface area contributed by atoms with Crippen LogP contribution in [0.2, 0.25) is 0 Å². The number of benzene rings is 1. The van der Waals surface area contributed by atoms with E-state index in [-0.39, 0.29) is 18.2 Å². The molecule has 3 N–H and O–H groups in total. The maximum absolute atomic E-state index is 12.3. The van der Waals surface area contributed by atoms with Crippen molar-refractivity contribution in [1.82, 2.24) is 20.5 Å². The Hall–Kier alpha value is -3.24. The van der Waals surface area contributed by atoms with Gasteiger partial charge in [0, 0.05) is 23.0 Å². The fourth-order valence-electron chi connectivity index (χ4n) is 2.75. The Balaban J connectivity index is 1.38. The van der Waals surface area contributed by atoms with Crippen molar-refractivity contribution in [2.45, 2.75) is 13.0 Å². The average Bonchev–Trinajstić information content (AvgIpc) is 3.46. The van der Waals surface area contributed by atoms with Crippen molar-refractivity contribution in [3.8, 4) is 5.75 Å². The number of hydrogen-bond acceptors (Lipinski definition) is 7. The standard InChI is InChI=1S/C19H17N5O3S2/c1-27-12-4-2-3-11(7-12)10-21-15(25)9-13-8-14-16(23-24-18(14)29-13)22-17(26)19-20-5-6-28-19/h2-8H,9-10H2,1H3,(H,21,25)(H2,22,23,24,26). The third-order valence-electron chi connectivity index (χ3n) is 4.13. The molecular formula is C19H17N5O3S2. The summed E-state index contributed by atoms with van der Waals surface area (Å²) >= 11 is 2.67. The Morgan fingerprint density at radius 1 is 1.28 bits per heavy atom. The highest BCUT2D eigenvalue weighted by Gasteiger charge is 2.16. The van der Waals surface area contributed by atoms with Crippen molar-refractivity contribution < 1.29 is 14.3 Å². The van der Waals surface area contributed by atoms with Gasteiger partial charge < -0.3 is 15.4 Å². The number of methoxy groups -OCH3 is 1. The average molecular weight is 428 g/mol. The second kappa shape index (κ2) is 8.41. The number of hydrogen-bond donors (Lipinski definition) is 3. The molecule has 10 heteroatoms. The molecular weight excluding hydrogens is 410 g/mol. The van der Waals surface area contributed by atoms with E-state index in [9.17, 15) is 9.59 Å². The normalized spacial score (nSPS) is 10.8. The Morgan fingerprint density at radius 2 is 2.17 bits per heavy atom. The van der Waals surface area contributed by atoms with Gasteiger partial charge in [-0.3, -0.25) is 14.7 Å². The van der Waals surface area contributed by atoms with Crippen molar-refractivity contribution in [1.29, 1.82) is 0 Å². The molecule has 3 heterocycles. The summed E-state index contributed by atoms with van der Waals surface area (Å²) in [5, 5.41) is 15.6. The van der Waals surface area contributed by atoms with Crippen LogP contribution >= 0.6 is 22.7 Å². The van der Waals surface area contributed by atoms with Crippen molar-refractivity contribution in [3.05, 3.63) is 57.4 Å². The number of aromatic nitrogens is 3. The quantitative estimate of drug-likeness (QED) is 0.420. The zero-order valence-corrected chi connectivity index (χ0v) is 17.0. The number of fused-ring (bicyclic) bond motifs is 1. The van der Waals surface area contributed by atoms with Crippen LogP contribution in [-0.2, 0) is 17.8 Å². The summed E-state index contributed by atoms with van der Waals surface area (Å²) in [5.74, 6) is 0.867. The molecule has 0 saturated carbocycles. The van der Waals surface area contributed by atoms with E-state index in [1.807, 2.05) is 30.3 Å². The van der Waals surface area contributed by atoms with Gasteiger partial charge in [-0.25, -0.2) is 4.98 Å². The van der Waals surface area contributed by atoms with Crippen molar-refractivity contribution >= 4 is 50.5 Å². The second-order valence-corrected chi connectivity index (χ2v) is 8.14. The van der Waals surface area contributed by atoms with Crippen LogP contribution in [0.4, 0.5) is 5.82 Å². The van der Waals surface area contributed by atoms with Gasteiger partial charge in [0.15, 0.2) is 5.01 Å². The lowest BCUT2D eigenvalue weighted by atomic mass is 10.2. The molecule has 0 saturated heterocycles. The molecule has 0 radical (unpaired) electrons. The molecule has 0 fully saturated rings. The number of carbonyl (C=O) groups is 2. The predicted molar refractivity (Wildman–Crippen MR) is 113 cm³/mol. The first kappa shape index (κ1) is 19.1. The van der Waals surface area contributed by atoms with E-state index in [2.05, 4.69) is 25.8 Å². The van der Waals surface area contributed by atoms with Gasteiger partial charge in [-0.1, -0.05) is 12.1 Å². The first-order valence-corrected chi connectivity index (χ1v) is 10.4. The van der Waals surface area contributed by atoms with E-state index in [1.165, 1.54) is 22.7 Å². The van der Waals surface area contributed by atoms with Gasteiger partial charge >= 0.3 is 0 Å². The van der Waals surface area contributed by atoms with Crippen molar-refractivity contribution in [3.63, 3.8) is 0 Å². The minimum absolute atomic E-state index is 0.0888.